The molecule has 2 rings (SSSR count). The van der Waals surface area contributed by atoms with E-state index >= 15 is 0 Å². The summed E-state index contributed by atoms with van der Waals surface area (Å²) in [6, 6.07) is 0. The fraction of sp³-hybridized carbons (Fsp3) is 0. The summed E-state index contributed by atoms with van der Waals surface area (Å²) in [6.07, 6.45) is 1.45. The summed E-state index contributed by atoms with van der Waals surface area (Å²) in [7, 11) is 0. The molecule has 0 fully saturated rings. The zero-order valence-corrected chi connectivity index (χ0v) is 8.86. The van der Waals surface area contributed by atoms with Crippen LogP contribution in [-0.2, 0) is 0 Å². The molecule has 0 unspecified atom stereocenters. The molecule has 0 radical (unpaired) electrons. The summed E-state index contributed by atoms with van der Waals surface area (Å²) in [5.41, 5.74) is 0. The molecule has 2 aromatic heterocycles. The van der Waals surface area contributed by atoms with E-state index in [1.807, 2.05) is 0 Å². The number of carbonyl (C=O) groups is 1. The van der Waals surface area contributed by atoms with E-state index in [0.29, 0.717) is 5.00 Å². The van der Waals surface area contributed by atoms with Crippen LogP contribution in [0.15, 0.2) is 6.20 Å². The monoisotopic (exact) mass is 247 g/mol. The van der Waals surface area contributed by atoms with Gasteiger partial charge in [-0.3, -0.25) is 4.79 Å². The van der Waals surface area contributed by atoms with Crippen LogP contribution >= 0.6 is 34.5 Å². The zero-order chi connectivity index (χ0) is 9.97. The van der Waals surface area contributed by atoms with Gasteiger partial charge < -0.3 is 5.32 Å². The number of rotatable bonds is 2. The Morgan fingerprint density at radius 3 is 2.93 bits per heavy atom. The maximum atomic E-state index is 11.4. The Bertz CT molecular complexity index is 441. The Morgan fingerprint density at radius 2 is 2.36 bits per heavy atom. The van der Waals surface area contributed by atoms with Crippen molar-refractivity contribution in [1.82, 2.24) is 19.8 Å². The van der Waals surface area contributed by atoms with Crippen LogP contribution in [0.2, 0.25) is 4.47 Å². The van der Waals surface area contributed by atoms with Crippen LogP contribution in [0.5, 0.6) is 0 Å². The lowest BCUT2D eigenvalue weighted by molar-refractivity contribution is 0.102. The number of aromatic nitrogens is 4. The third kappa shape index (κ3) is 2.03. The first-order valence-electron chi connectivity index (χ1n) is 3.33. The second-order valence-electron chi connectivity index (χ2n) is 2.10. The lowest BCUT2D eigenvalue weighted by Crippen LogP contribution is -2.10. The van der Waals surface area contributed by atoms with E-state index in [9.17, 15) is 4.79 Å². The van der Waals surface area contributed by atoms with Crippen molar-refractivity contribution in [2.75, 3.05) is 5.32 Å². The first kappa shape index (κ1) is 9.44. The van der Waals surface area contributed by atoms with E-state index in [4.69, 9.17) is 11.6 Å². The molecule has 0 saturated heterocycles. The van der Waals surface area contributed by atoms with E-state index in [0.717, 1.165) is 22.9 Å². The van der Waals surface area contributed by atoms with Crippen molar-refractivity contribution in [1.29, 1.82) is 0 Å². The minimum atomic E-state index is -0.361. The summed E-state index contributed by atoms with van der Waals surface area (Å²) in [6.45, 7) is 0. The molecule has 0 atom stereocenters. The first-order chi connectivity index (χ1) is 6.75. The largest absolute Gasteiger partial charge is 0.309 e. The summed E-state index contributed by atoms with van der Waals surface area (Å²) in [5.74, 6) is -0.361. The molecule has 0 bridgehead atoms. The number of hydrogen-bond donors (Lipinski definition) is 1. The van der Waals surface area contributed by atoms with Crippen molar-refractivity contribution in [3.05, 3.63) is 15.7 Å². The molecule has 2 aromatic rings. The molecule has 9 heteroatoms. The van der Waals surface area contributed by atoms with Crippen LogP contribution in [0.1, 0.15) is 9.80 Å². The molecule has 0 aliphatic rings. The number of nitrogens with zero attached hydrogens (tertiary/aromatic N) is 4. The van der Waals surface area contributed by atoms with Crippen molar-refractivity contribution in [3.8, 4) is 0 Å². The smallest absolute Gasteiger partial charge is 0.287 e. The number of hydrogen-bond acceptors (Lipinski definition) is 7. The lowest BCUT2D eigenvalue weighted by Gasteiger charge is -1.94. The van der Waals surface area contributed by atoms with Crippen LogP contribution in [-0.4, -0.2) is 25.7 Å². The minimum Gasteiger partial charge on any atom is -0.309 e. The molecule has 0 saturated carbocycles. The molecule has 1 N–H and O–H groups in total. The number of nitrogens with one attached hydrogen (secondary N) is 1. The van der Waals surface area contributed by atoms with E-state index < -0.39 is 0 Å². The van der Waals surface area contributed by atoms with Gasteiger partial charge in [-0.05, 0) is 11.6 Å². The third-order valence-electron chi connectivity index (χ3n) is 1.19. The molecule has 72 valence electrons. The Hall–Kier alpha value is -1.12. The van der Waals surface area contributed by atoms with Gasteiger partial charge in [0.1, 0.15) is 5.00 Å². The number of anilines is 1. The summed E-state index contributed by atoms with van der Waals surface area (Å²) < 4.78 is 3.83. The predicted octanol–water partition coefficient (Wildman–Crippen LogP) is 1.30. The van der Waals surface area contributed by atoms with Gasteiger partial charge in [-0.2, -0.15) is 0 Å². The SMILES string of the molecule is O=C(Nc1cnns1)c1nnc(Cl)s1. The Morgan fingerprint density at radius 1 is 1.50 bits per heavy atom. The quantitative estimate of drug-likeness (QED) is 0.865. The predicted molar refractivity (Wildman–Crippen MR) is 52.8 cm³/mol. The number of carbonyl (C=O) groups excluding carboxylic acids is 1. The van der Waals surface area contributed by atoms with E-state index in [-0.39, 0.29) is 15.4 Å². The highest BCUT2D eigenvalue weighted by Crippen LogP contribution is 2.17. The first-order valence-corrected chi connectivity index (χ1v) is 5.30. The second kappa shape index (κ2) is 3.95. The normalized spacial score (nSPS) is 10.1. The lowest BCUT2D eigenvalue weighted by atomic mass is 10.6. The van der Waals surface area contributed by atoms with Crippen LogP contribution in [0.3, 0.4) is 0 Å². The van der Waals surface area contributed by atoms with Crippen molar-refractivity contribution >= 4 is 45.4 Å². The third-order valence-corrected chi connectivity index (χ3v) is 2.79. The van der Waals surface area contributed by atoms with Gasteiger partial charge in [0.25, 0.3) is 5.91 Å². The van der Waals surface area contributed by atoms with Crippen molar-refractivity contribution < 1.29 is 4.79 Å². The summed E-state index contributed by atoms with van der Waals surface area (Å²) in [5, 5.41) is 14.0. The maximum absolute atomic E-state index is 11.4. The van der Waals surface area contributed by atoms with Gasteiger partial charge in [0.05, 0.1) is 6.20 Å². The van der Waals surface area contributed by atoms with Crippen molar-refractivity contribution in [2.24, 2.45) is 0 Å². The summed E-state index contributed by atoms with van der Waals surface area (Å²) in [4.78, 5) is 11.4. The molecular formula is C5H2ClN5OS2. The topological polar surface area (TPSA) is 80.7 Å². The van der Waals surface area contributed by atoms with Crippen LogP contribution in [0.4, 0.5) is 5.00 Å². The zero-order valence-electron chi connectivity index (χ0n) is 6.47. The molecule has 0 aliphatic heterocycles. The fourth-order valence-electron chi connectivity index (χ4n) is 0.685. The molecule has 0 spiro atoms. The minimum absolute atomic E-state index is 0.211. The standard InChI is InChI=1S/C5H2ClN5OS2/c6-5-10-9-4(13-5)3(12)8-2-1-7-11-14-2/h1H,(H,8,12). The Balaban J connectivity index is 2.10. The van der Waals surface area contributed by atoms with Crippen LogP contribution in [0, 0.1) is 0 Å². The highest BCUT2D eigenvalue weighted by atomic mass is 35.5. The highest BCUT2D eigenvalue weighted by molar-refractivity contribution is 7.17. The van der Waals surface area contributed by atoms with Gasteiger partial charge in [0.15, 0.2) is 0 Å². The summed E-state index contributed by atoms with van der Waals surface area (Å²) >= 11 is 7.62. The maximum Gasteiger partial charge on any atom is 0.287 e. The van der Waals surface area contributed by atoms with Gasteiger partial charge in [-0.1, -0.05) is 15.8 Å². The molecule has 14 heavy (non-hydrogen) atoms. The van der Waals surface area contributed by atoms with Gasteiger partial charge in [0, 0.05) is 11.5 Å². The molecule has 2 heterocycles. The van der Waals surface area contributed by atoms with Gasteiger partial charge in [-0.25, -0.2) is 0 Å². The molecule has 0 aromatic carbocycles. The fourth-order valence-corrected chi connectivity index (χ4v) is 1.82. The second-order valence-corrected chi connectivity index (χ2v) is 4.44. The van der Waals surface area contributed by atoms with Crippen LogP contribution < -0.4 is 5.32 Å². The molecule has 0 aliphatic carbocycles. The van der Waals surface area contributed by atoms with E-state index in [1.54, 1.807) is 0 Å². The van der Waals surface area contributed by atoms with Gasteiger partial charge in [0.2, 0.25) is 9.47 Å². The molecular weight excluding hydrogens is 246 g/mol. The van der Waals surface area contributed by atoms with E-state index in [1.165, 1.54) is 6.20 Å². The van der Waals surface area contributed by atoms with Gasteiger partial charge in [-0.15, -0.1) is 15.3 Å². The van der Waals surface area contributed by atoms with Crippen molar-refractivity contribution in [2.45, 2.75) is 0 Å². The average molecular weight is 248 g/mol. The van der Waals surface area contributed by atoms with Gasteiger partial charge >= 0.3 is 0 Å². The number of amides is 1. The Labute approximate surface area is 91.1 Å². The molecule has 1 amide bonds. The average Bonchev–Trinajstić information content (AvgIpc) is 2.75. The number of halogens is 1. The van der Waals surface area contributed by atoms with Crippen molar-refractivity contribution in [3.63, 3.8) is 0 Å². The molecule has 6 nitrogen and oxygen atoms in total. The van der Waals surface area contributed by atoms with Crippen LogP contribution in [0.25, 0.3) is 0 Å². The Kier molecular flexibility index (Phi) is 2.66. The van der Waals surface area contributed by atoms with E-state index in [2.05, 4.69) is 25.1 Å². The highest BCUT2D eigenvalue weighted by Gasteiger charge is 2.12.